The fraction of sp³-hybridized carbons (Fsp3) is 0.412. The van der Waals surface area contributed by atoms with E-state index in [1.54, 1.807) is 61.0 Å². The lowest BCUT2D eigenvalue weighted by atomic mass is 10.0. The van der Waals surface area contributed by atoms with Crippen LogP contribution in [0.2, 0.25) is 0 Å². The smallest absolute Gasteiger partial charge is 0.191 e. The van der Waals surface area contributed by atoms with E-state index < -0.39 is 12.2 Å². The van der Waals surface area contributed by atoms with E-state index in [1.807, 2.05) is 22.2 Å². The van der Waals surface area contributed by atoms with Crippen molar-refractivity contribution in [3.05, 3.63) is 96.1 Å². The van der Waals surface area contributed by atoms with Gasteiger partial charge in [-0.25, -0.2) is 0 Å². The molecule has 2 saturated heterocycles. The summed E-state index contributed by atoms with van der Waals surface area (Å²) in [5.74, 6) is -0.550. The Morgan fingerprint density at radius 3 is 1.31 bits per heavy atom. The summed E-state index contributed by atoms with van der Waals surface area (Å²) in [5, 5.41) is 32.7. The molecule has 42 heavy (non-hydrogen) atoms. The molecule has 2 aliphatic heterocycles. The lowest BCUT2D eigenvalue weighted by molar-refractivity contribution is 0.0747. The topological polar surface area (TPSA) is 106 Å². The zero-order chi connectivity index (χ0) is 30.2. The number of carbonyl (C=O) groups is 2. The normalized spacial score (nSPS) is 16.9. The molecule has 224 valence electrons. The van der Waals surface area contributed by atoms with Crippen LogP contribution in [0.1, 0.15) is 72.1 Å². The maximum atomic E-state index is 12.0. The van der Waals surface area contributed by atoms with E-state index in [0.29, 0.717) is 22.3 Å². The molecule has 0 spiro atoms. The Balaban J connectivity index is 0.000000230. The second-order valence-electron chi connectivity index (χ2n) is 10.7. The van der Waals surface area contributed by atoms with Crippen molar-refractivity contribution in [2.75, 3.05) is 26.2 Å². The summed E-state index contributed by atoms with van der Waals surface area (Å²) in [5.41, 5.74) is 2.37. The molecule has 2 aliphatic rings. The minimum Gasteiger partial charge on any atom is -0.385 e. The molecule has 0 bridgehead atoms. The highest BCUT2D eigenvalue weighted by atomic mass is 16.3. The Kier molecular flexibility index (Phi) is 13.9. The number of benzene rings is 2. The van der Waals surface area contributed by atoms with Crippen molar-refractivity contribution >= 4 is 24.0 Å². The van der Waals surface area contributed by atoms with Gasteiger partial charge in [-0.05, 0) is 49.7 Å². The van der Waals surface area contributed by atoms with Gasteiger partial charge in [-0.1, -0.05) is 73.8 Å². The van der Waals surface area contributed by atoms with E-state index >= 15 is 0 Å². The summed E-state index contributed by atoms with van der Waals surface area (Å²) in [6.07, 6.45) is 8.81. The van der Waals surface area contributed by atoms with E-state index in [0.717, 1.165) is 26.2 Å². The molecule has 2 heterocycles. The first-order chi connectivity index (χ1) is 20.3. The van der Waals surface area contributed by atoms with Crippen LogP contribution >= 0.6 is 0 Å². The second kappa shape index (κ2) is 17.8. The average Bonchev–Trinajstić information content (AvgIpc) is 3.04. The largest absolute Gasteiger partial charge is 0.385 e. The molecule has 2 aromatic rings. The van der Waals surface area contributed by atoms with Gasteiger partial charge in [0.15, 0.2) is 11.6 Å². The number of aliphatic hydroxyl groups is 2. The summed E-state index contributed by atoms with van der Waals surface area (Å²) in [6.45, 7) is 11.6. The Morgan fingerprint density at radius 2 is 0.976 bits per heavy atom. The summed E-state index contributed by atoms with van der Waals surface area (Å²) >= 11 is 0. The minimum atomic E-state index is -1.06. The third kappa shape index (κ3) is 11.5. The molecule has 2 atom stereocenters. The van der Waals surface area contributed by atoms with Gasteiger partial charge in [0.25, 0.3) is 0 Å². The minimum absolute atomic E-state index is 0.213. The van der Waals surface area contributed by atoms with Crippen LogP contribution in [-0.4, -0.2) is 82.6 Å². The quantitative estimate of drug-likeness (QED) is 0.264. The van der Waals surface area contributed by atoms with Crippen molar-refractivity contribution in [2.45, 2.75) is 63.6 Å². The molecule has 0 radical (unpaired) electrons. The number of Topliss-reactive ketones (excluding diaryl/α,β-unsaturated/α-hetero) is 2. The number of hydrogen-bond acceptors (Lipinski definition) is 8. The molecule has 0 saturated carbocycles. The van der Waals surface area contributed by atoms with Crippen LogP contribution in [0.4, 0.5) is 0 Å². The first-order valence-corrected chi connectivity index (χ1v) is 14.8. The van der Waals surface area contributed by atoms with Gasteiger partial charge in [0.1, 0.15) is 12.2 Å². The third-order valence-corrected chi connectivity index (χ3v) is 7.11. The van der Waals surface area contributed by atoms with Crippen LogP contribution in [0.25, 0.3) is 0 Å². The number of carbonyl (C=O) groups excluding carboxylic acids is 2. The van der Waals surface area contributed by atoms with Gasteiger partial charge in [-0.15, -0.1) is 0 Å². The second-order valence-corrected chi connectivity index (χ2v) is 10.7. The molecule has 0 amide bonds. The maximum absolute atomic E-state index is 12.0. The van der Waals surface area contributed by atoms with Gasteiger partial charge >= 0.3 is 0 Å². The molecule has 0 unspecified atom stereocenters. The lowest BCUT2D eigenvalue weighted by Gasteiger charge is -2.23. The van der Waals surface area contributed by atoms with Gasteiger partial charge in [-0.2, -0.15) is 10.2 Å². The molecule has 8 heteroatoms. The fourth-order valence-electron chi connectivity index (χ4n) is 4.69. The molecule has 0 aliphatic carbocycles. The Labute approximate surface area is 249 Å². The number of rotatable bonds is 12. The SMILES string of the molecule is C=C(/C=N/N1CCCCC1)C[C@H](O)C(=O)c1ccccc1.C=C(/C=N/N1CCCCC1)C[C@H](O)C(=O)c1ccccc1. The molecule has 2 fully saturated rings. The number of hydrogen-bond donors (Lipinski definition) is 2. The van der Waals surface area contributed by atoms with Crippen LogP contribution < -0.4 is 0 Å². The predicted molar refractivity (Wildman–Crippen MR) is 169 cm³/mol. The average molecular weight is 573 g/mol. The molecule has 2 aromatic carbocycles. The zero-order valence-electron chi connectivity index (χ0n) is 24.5. The number of nitrogens with zero attached hydrogens (tertiary/aromatic N) is 4. The van der Waals surface area contributed by atoms with Crippen LogP contribution in [0.5, 0.6) is 0 Å². The van der Waals surface area contributed by atoms with Crippen molar-refractivity contribution in [1.82, 2.24) is 10.0 Å². The van der Waals surface area contributed by atoms with Crippen molar-refractivity contribution in [3.8, 4) is 0 Å². The highest BCUT2D eigenvalue weighted by Gasteiger charge is 2.18. The van der Waals surface area contributed by atoms with Gasteiger partial charge in [0, 0.05) is 62.6 Å². The van der Waals surface area contributed by atoms with Gasteiger partial charge in [0.05, 0.1) is 0 Å². The number of piperidine rings is 2. The van der Waals surface area contributed by atoms with Crippen molar-refractivity contribution < 1.29 is 19.8 Å². The highest BCUT2D eigenvalue weighted by Crippen LogP contribution is 2.13. The van der Waals surface area contributed by atoms with Crippen LogP contribution in [0.3, 0.4) is 0 Å². The predicted octanol–water partition coefficient (Wildman–Crippen LogP) is 5.30. The number of hydrazone groups is 2. The zero-order valence-corrected chi connectivity index (χ0v) is 24.5. The van der Waals surface area contributed by atoms with Crippen LogP contribution in [-0.2, 0) is 0 Å². The molecule has 0 aromatic heterocycles. The van der Waals surface area contributed by atoms with E-state index in [1.165, 1.54) is 38.5 Å². The number of ketones is 2. The standard InChI is InChI=1S/2C17H22N2O2/c2*1-14(13-18-19-10-6-3-7-11-19)12-16(20)17(21)15-8-4-2-5-9-15/h2*2,4-5,8-9,13,16,20H,1,3,6-7,10-12H2/b2*18-13+/t2*16-/m00/s1. The van der Waals surface area contributed by atoms with Gasteiger partial charge < -0.3 is 10.2 Å². The molecule has 2 N–H and O–H groups in total. The van der Waals surface area contributed by atoms with E-state index in [-0.39, 0.29) is 24.4 Å². The summed E-state index contributed by atoms with van der Waals surface area (Å²) < 4.78 is 0. The maximum Gasteiger partial charge on any atom is 0.191 e. The fourth-order valence-corrected chi connectivity index (χ4v) is 4.69. The summed E-state index contributed by atoms with van der Waals surface area (Å²) in [6, 6.07) is 17.6. The monoisotopic (exact) mass is 572 g/mol. The number of aliphatic hydroxyl groups excluding tert-OH is 2. The summed E-state index contributed by atoms with van der Waals surface area (Å²) in [4.78, 5) is 24.1. The van der Waals surface area contributed by atoms with Crippen molar-refractivity contribution in [2.24, 2.45) is 10.2 Å². The summed E-state index contributed by atoms with van der Waals surface area (Å²) in [7, 11) is 0. The van der Waals surface area contributed by atoms with Crippen molar-refractivity contribution in [3.63, 3.8) is 0 Å². The van der Waals surface area contributed by atoms with Gasteiger partial charge in [0.2, 0.25) is 0 Å². The Hall–Kier alpha value is -3.88. The van der Waals surface area contributed by atoms with E-state index in [4.69, 9.17) is 0 Å². The first kappa shape index (κ1) is 32.6. The third-order valence-electron chi connectivity index (χ3n) is 7.11. The van der Waals surface area contributed by atoms with Crippen LogP contribution in [0, 0.1) is 0 Å². The lowest BCUT2D eigenvalue weighted by Crippen LogP contribution is -2.25. The van der Waals surface area contributed by atoms with Crippen molar-refractivity contribution in [1.29, 1.82) is 0 Å². The molecule has 4 rings (SSSR count). The first-order valence-electron chi connectivity index (χ1n) is 14.8. The molecular weight excluding hydrogens is 528 g/mol. The molecular formula is C34H44N4O4. The van der Waals surface area contributed by atoms with Gasteiger partial charge in [-0.3, -0.25) is 19.6 Å². The van der Waals surface area contributed by atoms with Crippen LogP contribution in [0.15, 0.2) is 95.2 Å². The van der Waals surface area contributed by atoms with E-state index in [2.05, 4.69) is 23.4 Å². The molecule has 8 nitrogen and oxygen atoms in total. The van der Waals surface area contributed by atoms with E-state index in [9.17, 15) is 19.8 Å². The highest BCUT2D eigenvalue weighted by molar-refractivity contribution is 6.00. The Bertz CT molecular complexity index is 1110. The Morgan fingerprint density at radius 1 is 0.643 bits per heavy atom.